The Balaban J connectivity index is 1.66. The Morgan fingerprint density at radius 3 is 2.82 bits per heavy atom. The molecule has 1 aliphatic heterocycles. The Morgan fingerprint density at radius 1 is 1.32 bits per heavy atom. The molecular formula is C23H25Cl2FN6O2. The van der Waals surface area contributed by atoms with Gasteiger partial charge >= 0.3 is 0 Å². The monoisotopic (exact) mass is 506 g/mol. The molecule has 11 heteroatoms. The van der Waals surface area contributed by atoms with Crippen LogP contribution in [0.3, 0.4) is 0 Å². The maximum absolute atomic E-state index is 14.1. The summed E-state index contributed by atoms with van der Waals surface area (Å²) in [5, 5.41) is 10.6. The molecule has 1 unspecified atom stereocenters. The van der Waals surface area contributed by atoms with Crippen molar-refractivity contribution >= 4 is 34.9 Å². The molecule has 1 aromatic carbocycles. The normalized spacial score (nSPS) is 15.2. The highest BCUT2D eigenvalue weighted by Crippen LogP contribution is 2.37. The highest BCUT2D eigenvalue weighted by atomic mass is 35.5. The van der Waals surface area contributed by atoms with E-state index in [9.17, 15) is 9.18 Å². The fourth-order valence-corrected chi connectivity index (χ4v) is 4.57. The fourth-order valence-electron chi connectivity index (χ4n) is 3.89. The molecular weight excluding hydrogens is 482 g/mol. The van der Waals surface area contributed by atoms with Crippen LogP contribution in [0.25, 0.3) is 11.1 Å². The predicted molar refractivity (Wildman–Crippen MR) is 130 cm³/mol. The first kappa shape index (κ1) is 24.4. The number of nitrogens with one attached hydrogen (secondary N) is 2. The molecule has 1 fully saturated rings. The Kier molecular flexibility index (Phi) is 7.67. The van der Waals surface area contributed by atoms with E-state index in [-0.39, 0.29) is 28.2 Å². The largest absolute Gasteiger partial charge is 0.482 e. The van der Waals surface area contributed by atoms with Crippen molar-refractivity contribution in [2.45, 2.75) is 31.9 Å². The maximum Gasteiger partial charge on any atom is 0.239 e. The minimum atomic E-state index is -0.737. The molecule has 0 aliphatic carbocycles. The summed E-state index contributed by atoms with van der Waals surface area (Å²) in [4.78, 5) is 16.3. The SMILES string of the molecule is CC(Oc1cc(-c2cnn(C3CCNCC3)c2)cnc1NC(=O)CN)c1c(Cl)ccc(F)c1Cl. The first-order chi connectivity index (χ1) is 16.4. The Hall–Kier alpha value is -2.72. The van der Waals surface area contributed by atoms with Crippen LogP contribution in [0.5, 0.6) is 5.75 Å². The van der Waals surface area contributed by atoms with Crippen molar-refractivity contribution in [3.63, 3.8) is 0 Å². The maximum atomic E-state index is 14.1. The number of nitrogens with two attached hydrogens (primary N) is 1. The zero-order chi connectivity index (χ0) is 24.2. The first-order valence-electron chi connectivity index (χ1n) is 10.9. The van der Waals surface area contributed by atoms with Crippen LogP contribution in [0.15, 0.2) is 36.8 Å². The number of hydrogen-bond acceptors (Lipinski definition) is 6. The molecule has 8 nitrogen and oxygen atoms in total. The van der Waals surface area contributed by atoms with Crippen LogP contribution in [0, 0.1) is 5.82 Å². The van der Waals surface area contributed by atoms with Gasteiger partial charge in [-0.25, -0.2) is 9.37 Å². The summed E-state index contributed by atoms with van der Waals surface area (Å²) >= 11 is 12.4. The number of aromatic nitrogens is 3. The molecule has 34 heavy (non-hydrogen) atoms. The average molecular weight is 507 g/mol. The van der Waals surface area contributed by atoms with Crippen molar-refractivity contribution in [1.82, 2.24) is 20.1 Å². The summed E-state index contributed by atoms with van der Waals surface area (Å²) in [6.45, 7) is 3.38. The summed E-state index contributed by atoms with van der Waals surface area (Å²) in [5.41, 5.74) is 7.32. The number of ether oxygens (including phenoxy) is 1. The standard InChI is InChI=1S/C23H25Cl2FN6O2/c1-13(21-17(24)2-3-18(26)22(21)25)34-19-8-14(10-29-23(19)31-20(33)9-27)15-11-30-32(12-15)16-4-6-28-7-5-16/h2-3,8,10-13,16,28H,4-7,9,27H2,1H3,(H,29,31,33). The van der Waals surface area contributed by atoms with E-state index >= 15 is 0 Å². The van der Waals surface area contributed by atoms with Gasteiger partial charge in [-0.15, -0.1) is 0 Å². The van der Waals surface area contributed by atoms with Gasteiger partial charge in [-0.1, -0.05) is 23.2 Å². The number of carbonyl (C=O) groups excluding carboxylic acids is 1. The molecule has 1 amide bonds. The highest BCUT2D eigenvalue weighted by Gasteiger charge is 2.22. The van der Waals surface area contributed by atoms with E-state index in [1.54, 1.807) is 25.4 Å². The van der Waals surface area contributed by atoms with Crippen LogP contribution in [-0.2, 0) is 4.79 Å². The Labute approximate surface area is 206 Å². The number of halogens is 3. The zero-order valence-electron chi connectivity index (χ0n) is 18.5. The third-order valence-corrected chi connectivity index (χ3v) is 6.42. The summed E-state index contributed by atoms with van der Waals surface area (Å²) in [6.07, 6.45) is 6.63. The van der Waals surface area contributed by atoms with Crippen LogP contribution < -0.4 is 21.1 Å². The predicted octanol–water partition coefficient (Wildman–Crippen LogP) is 4.35. The lowest BCUT2D eigenvalue weighted by atomic mass is 10.1. The van der Waals surface area contributed by atoms with Gasteiger partial charge in [0.15, 0.2) is 11.6 Å². The molecule has 0 saturated carbocycles. The number of carbonyl (C=O) groups is 1. The van der Waals surface area contributed by atoms with Crippen molar-refractivity contribution < 1.29 is 13.9 Å². The fraction of sp³-hybridized carbons (Fsp3) is 0.348. The third kappa shape index (κ3) is 5.33. The van der Waals surface area contributed by atoms with Gasteiger partial charge in [-0.3, -0.25) is 9.48 Å². The van der Waals surface area contributed by atoms with E-state index in [0.29, 0.717) is 11.6 Å². The van der Waals surface area contributed by atoms with E-state index in [1.165, 1.54) is 12.1 Å². The van der Waals surface area contributed by atoms with E-state index < -0.39 is 17.8 Å². The van der Waals surface area contributed by atoms with E-state index in [4.69, 9.17) is 33.7 Å². The Morgan fingerprint density at radius 2 is 2.09 bits per heavy atom. The van der Waals surface area contributed by atoms with Crippen LogP contribution in [0.4, 0.5) is 10.2 Å². The number of amides is 1. The number of benzene rings is 1. The molecule has 3 aromatic rings. The minimum Gasteiger partial charge on any atom is -0.482 e. The van der Waals surface area contributed by atoms with Crippen molar-refractivity contribution in [2.24, 2.45) is 5.73 Å². The summed E-state index contributed by atoms with van der Waals surface area (Å²) in [5.74, 6) is -0.595. The molecule has 180 valence electrons. The number of anilines is 1. The van der Waals surface area contributed by atoms with E-state index in [2.05, 4.69) is 20.7 Å². The second-order valence-corrected chi connectivity index (χ2v) is 8.82. The van der Waals surface area contributed by atoms with Gasteiger partial charge in [0.05, 0.1) is 23.8 Å². The van der Waals surface area contributed by atoms with Crippen molar-refractivity contribution in [3.8, 4) is 16.9 Å². The van der Waals surface area contributed by atoms with Gasteiger partial charge in [0.25, 0.3) is 0 Å². The van der Waals surface area contributed by atoms with E-state index in [1.807, 2.05) is 10.9 Å². The number of rotatable bonds is 7. The average Bonchev–Trinajstić information content (AvgIpc) is 3.33. The Bertz CT molecular complexity index is 1180. The van der Waals surface area contributed by atoms with Gasteiger partial charge in [0.2, 0.25) is 5.91 Å². The number of nitrogens with zero attached hydrogens (tertiary/aromatic N) is 3. The molecule has 1 atom stereocenters. The van der Waals surface area contributed by atoms with Gasteiger partial charge in [-0.05, 0) is 51.1 Å². The number of pyridine rings is 1. The molecule has 0 radical (unpaired) electrons. The second kappa shape index (κ2) is 10.7. The second-order valence-electron chi connectivity index (χ2n) is 8.03. The molecule has 2 aromatic heterocycles. The first-order valence-corrected chi connectivity index (χ1v) is 11.7. The lowest BCUT2D eigenvalue weighted by molar-refractivity contribution is -0.114. The topological polar surface area (TPSA) is 107 Å². The van der Waals surface area contributed by atoms with Gasteiger partial charge in [0, 0.05) is 34.1 Å². The van der Waals surface area contributed by atoms with E-state index in [0.717, 1.165) is 37.1 Å². The lowest BCUT2D eigenvalue weighted by Crippen LogP contribution is -2.29. The molecule has 0 bridgehead atoms. The van der Waals surface area contributed by atoms with Crippen LogP contribution in [0.2, 0.25) is 10.0 Å². The quantitative estimate of drug-likeness (QED) is 0.411. The van der Waals surface area contributed by atoms with Crippen molar-refractivity contribution in [2.75, 3.05) is 25.0 Å². The summed E-state index contributed by atoms with van der Waals surface area (Å²) in [6, 6.07) is 4.68. The molecule has 1 saturated heterocycles. The smallest absolute Gasteiger partial charge is 0.239 e. The molecule has 4 rings (SSSR count). The van der Waals surface area contributed by atoms with Crippen molar-refractivity contribution in [1.29, 1.82) is 0 Å². The summed E-state index contributed by atoms with van der Waals surface area (Å²) in [7, 11) is 0. The van der Waals surface area contributed by atoms with Crippen LogP contribution >= 0.6 is 23.2 Å². The highest BCUT2D eigenvalue weighted by molar-refractivity contribution is 6.36. The minimum absolute atomic E-state index is 0.125. The zero-order valence-corrected chi connectivity index (χ0v) is 20.0. The molecule has 0 spiro atoms. The molecule has 3 heterocycles. The lowest BCUT2D eigenvalue weighted by Gasteiger charge is -2.22. The number of hydrogen-bond donors (Lipinski definition) is 3. The molecule has 1 aliphatic rings. The van der Waals surface area contributed by atoms with Gasteiger partial charge < -0.3 is 21.1 Å². The number of piperidine rings is 1. The van der Waals surface area contributed by atoms with Gasteiger partial charge in [0.1, 0.15) is 11.9 Å². The van der Waals surface area contributed by atoms with Gasteiger partial charge in [-0.2, -0.15) is 5.10 Å². The van der Waals surface area contributed by atoms with Crippen molar-refractivity contribution in [3.05, 3.63) is 58.2 Å². The third-order valence-electron chi connectivity index (χ3n) is 5.70. The van der Waals surface area contributed by atoms with Crippen LogP contribution in [0.1, 0.15) is 37.5 Å². The summed E-state index contributed by atoms with van der Waals surface area (Å²) < 4.78 is 22.1. The van der Waals surface area contributed by atoms with Crippen LogP contribution in [-0.4, -0.2) is 40.3 Å². The molecule has 4 N–H and O–H groups in total.